The van der Waals surface area contributed by atoms with Crippen LogP contribution in [0.2, 0.25) is 5.02 Å². The lowest BCUT2D eigenvalue weighted by molar-refractivity contribution is 0.156. The van der Waals surface area contributed by atoms with Crippen molar-refractivity contribution in [3.8, 4) is 0 Å². The summed E-state index contributed by atoms with van der Waals surface area (Å²) in [5.41, 5.74) is 0.718. The minimum Gasteiger partial charge on any atom is -0.314 e. The monoisotopic (exact) mass is 296 g/mol. The van der Waals surface area contributed by atoms with Gasteiger partial charge in [0.2, 0.25) is 0 Å². The van der Waals surface area contributed by atoms with Crippen LogP contribution >= 0.6 is 11.6 Å². The van der Waals surface area contributed by atoms with Gasteiger partial charge in [0, 0.05) is 23.2 Å². The van der Waals surface area contributed by atoms with Gasteiger partial charge in [-0.15, -0.1) is 0 Å². The van der Waals surface area contributed by atoms with Crippen LogP contribution in [-0.2, 0) is 6.54 Å². The molecule has 0 bridgehead atoms. The van der Waals surface area contributed by atoms with E-state index in [1.54, 1.807) is 12.1 Å². The van der Waals surface area contributed by atoms with Crippen molar-refractivity contribution < 1.29 is 4.39 Å². The molecule has 3 rings (SSSR count). The van der Waals surface area contributed by atoms with Crippen LogP contribution < -0.4 is 5.32 Å². The molecule has 0 spiro atoms. The number of nitrogens with one attached hydrogen (secondary N) is 1. The highest BCUT2D eigenvalue weighted by molar-refractivity contribution is 6.30. The van der Waals surface area contributed by atoms with Gasteiger partial charge in [0.25, 0.3) is 0 Å². The summed E-state index contributed by atoms with van der Waals surface area (Å²) in [7, 11) is 0. The highest BCUT2D eigenvalue weighted by Gasteiger charge is 2.28. The molecule has 0 saturated carbocycles. The predicted molar refractivity (Wildman–Crippen MR) is 80.4 cm³/mol. The third-order valence-corrected chi connectivity index (χ3v) is 4.94. The van der Waals surface area contributed by atoms with E-state index in [2.05, 4.69) is 10.2 Å². The number of hydrogen-bond acceptors (Lipinski definition) is 2. The first-order valence-electron chi connectivity index (χ1n) is 7.62. The smallest absolute Gasteiger partial charge is 0.127 e. The lowest BCUT2D eigenvalue weighted by Crippen LogP contribution is -2.40. The van der Waals surface area contributed by atoms with E-state index in [0.29, 0.717) is 11.6 Å². The molecule has 1 unspecified atom stereocenters. The molecule has 2 aliphatic rings. The number of hydrogen-bond donors (Lipinski definition) is 1. The fourth-order valence-electron chi connectivity index (χ4n) is 3.53. The summed E-state index contributed by atoms with van der Waals surface area (Å²) in [6.45, 7) is 3.99. The Kier molecular flexibility index (Phi) is 4.59. The Morgan fingerprint density at radius 3 is 2.75 bits per heavy atom. The Bertz CT molecular complexity index is 452. The van der Waals surface area contributed by atoms with Gasteiger partial charge in [-0.25, -0.2) is 4.39 Å². The van der Waals surface area contributed by atoms with Crippen LogP contribution in [0.25, 0.3) is 0 Å². The van der Waals surface area contributed by atoms with Crippen molar-refractivity contribution in [3.05, 3.63) is 34.6 Å². The molecule has 1 atom stereocenters. The topological polar surface area (TPSA) is 15.3 Å². The van der Waals surface area contributed by atoms with Crippen molar-refractivity contribution >= 4 is 11.6 Å². The van der Waals surface area contributed by atoms with Crippen LogP contribution in [0.1, 0.15) is 31.2 Å². The van der Waals surface area contributed by atoms with Gasteiger partial charge in [0.1, 0.15) is 5.82 Å². The molecule has 2 heterocycles. The van der Waals surface area contributed by atoms with Crippen molar-refractivity contribution in [2.75, 3.05) is 19.6 Å². The molecule has 2 aliphatic heterocycles. The van der Waals surface area contributed by atoms with E-state index in [4.69, 9.17) is 11.6 Å². The van der Waals surface area contributed by atoms with Gasteiger partial charge < -0.3 is 5.32 Å². The lowest BCUT2D eigenvalue weighted by atomic mass is 9.88. The molecule has 1 aromatic carbocycles. The highest BCUT2D eigenvalue weighted by Crippen LogP contribution is 2.27. The molecular formula is C16H22ClFN2. The van der Waals surface area contributed by atoms with Gasteiger partial charge in [-0.3, -0.25) is 4.90 Å². The zero-order valence-electron chi connectivity index (χ0n) is 11.7. The number of benzene rings is 1. The van der Waals surface area contributed by atoms with Gasteiger partial charge in [-0.2, -0.15) is 0 Å². The fourth-order valence-corrected chi connectivity index (χ4v) is 3.73. The van der Waals surface area contributed by atoms with E-state index in [-0.39, 0.29) is 5.82 Å². The molecule has 0 aliphatic carbocycles. The van der Waals surface area contributed by atoms with Crippen molar-refractivity contribution in [3.63, 3.8) is 0 Å². The summed E-state index contributed by atoms with van der Waals surface area (Å²) >= 11 is 5.95. The van der Waals surface area contributed by atoms with E-state index in [0.717, 1.165) is 30.6 Å². The van der Waals surface area contributed by atoms with Crippen molar-refractivity contribution in [1.29, 1.82) is 0 Å². The van der Waals surface area contributed by atoms with Crippen molar-refractivity contribution in [1.82, 2.24) is 10.2 Å². The maximum Gasteiger partial charge on any atom is 0.127 e. The maximum atomic E-state index is 13.8. The minimum atomic E-state index is -0.144. The molecule has 1 aromatic rings. The second-order valence-corrected chi connectivity index (χ2v) is 6.49. The van der Waals surface area contributed by atoms with Crippen molar-refractivity contribution in [2.45, 2.75) is 38.3 Å². The van der Waals surface area contributed by atoms with Gasteiger partial charge in [0.05, 0.1) is 0 Å². The summed E-state index contributed by atoms with van der Waals surface area (Å²) in [6, 6.07) is 5.55. The first kappa shape index (κ1) is 14.3. The average molecular weight is 297 g/mol. The first-order valence-corrected chi connectivity index (χ1v) is 8.00. The Labute approximate surface area is 125 Å². The van der Waals surface area contributed by atoms with Crippen LogP contribution in [0.3, 0.4) is 0 Å². The largest absolute Gasteiger partial charge is 0.314 e. The van der Waals surface area contributed by atoms with Crippen LogP contribution in [-0.4, -0.2) is 30.6 Å². The Morgan fingerprint density at radius 1 is 1.25 bits per heavy atom. The van der Waals surface area contributed by atoms with E-state index in [9.17, 15) is 4.39 Å². The maximum absolute atomic E-state index is 13.8. The van der Waals surface area contributed by atoms with Crippen LogP contribution in [0.15, 0.2) is 18.2 Å². The van der Waals surface area contributed by atoms with E-state index < -0.39 is 0 Å². The summed E-state index contributed by atoms with van der Waals surface area (Å²) in [5, 5.41) is 4.23. The molecule has 2 nitrogen and oxygen atoms in total. The van der Waals surface area contributed by atoms with Gasteiger partial charge >= 0.3 is 0 Å². The Balaban J connectivity index is 1.54. The zero-order chi connectivity index (χ0) is 13.9. The number of nitrogens with zero attached hydrogens (tertiary/aromatic N) is 1. The quantitative estimate of drug-likeness (QED) is 0.919. The second-order valence-electron chi connectivity index (χ2n) is 6.05. The molecule has 0 aromatic heterocycles. The number of rotatable bonds is 3. The molecule has 0 amide bonds. The van der Waals surface area contributed by atoms with Gasteiger partial charge in [0.15, 0.2) is 0 Å². The number of piperidine rings is 1. The van der Waals surface area contributed by atoms with Crippen molar-refractivity contribution in [2.24, 2.45) is 5.92 Å². The summed E-state index contributed by atoms with van der Waals surface area (Å²) in [5.74, 6) is 0.659. The molecule has 2 fully saturated rings. The van der Waals surface area contributed by atoms with E-state index in [1.165, 1.54) is 38.3 Å². The van der Waals surface area contributed by atoms with Gasteiger partial charge in [-0.05, 0) is 69.4 Å². The standard InChI is InChI=1S/C16H22ClFN2/c17-14-3-4-15(18)13(10-14)11-20-8-5-12(6-9-20)16-2-1-7-19-16/h3-4,10,12,16,19H,1-2,5-9,11H2. The third-order valence-electron chi connectivity index (χ3n) is 4.70. The SMILES string of the molecule is Fc1ccc(Cl)cc1CN1CCC(C2CCCN2)CC1. The second kappa shape index (κ2) is 6.42. The average Bonchev–Trinajstić information content (AvgIpc) is 2.98. The Hall–Kier alpha value is -0.640. The van der Waals surface area contributed by atoms with Crippen LogP contribution in [0.4, 0.5) is 4.39 Å². The van der Waals surface area contributed by atoms with E-state index in [1.807, 2.05) is 0 Å². The predicted octanol–water partition coefficient (Wildman–Crippen LogP) is 3.44. The van der Waals surface area contributed by atoms with Crippen LogP contribution in [0, 0.1) is 11.7 Å². The molecular weight excluding hydrogens is 275 g/mol. The number of halogens is 2. The molecule has 20 heavy (non-hydrogen) atoms. The first-order chi connectivity index (χ1) is 9.72. The van der Waals surface area contributed by atoms with Gasteiger partial charge in [-0.1, -0.05) is 11.6 Å². The highest BCUT2D eigenvalue weighted by atomic mass is 35.5. The molecule has 110 valence electrons. The number of likely N-dealkylation sites (tertiary alicyclic amines) is 1. The summed E-state index contributed by atoms with van der Waals surface area (Å²) in [6.07, 6.45) is 5.09. The zero-order valence-corrected chi connectivity index (χ0v) is 12.5. The summed E-state index contributed by atoms with van der Waals surface area (Å²) < 4.78 is 13.8. The summed E-state index contributed by atoms with van der Waals surface area (Å²) in [4.78, 5) is 2.35. The fraction of sp³-hybridized carbons (Fsp3) is 0.625. The third kappa shape index (κ3) is 3.33. The van der Waals surface area contributed by atoms with E-state index >= 15 is 0 Å². The molecule has 2 saturated heterocycles. The lowest BCUT2D eigenvalue weighted by Gasteiger charge is -2.35. The normalized spacial score (nSPS) is 25.2. The Morgan fingerprint density at radius 2 is 2.05 bits per heavy atom. The molecule has 0 radical (unpaired) electrons. The minimum absolute atomic E-state index is 0.144. The molecule has 1 N–H and O–H groups in total. The van der Waals surface area contributed by atoms with Crippen LogP contribution in [0.5, 0.6) is 0 Å². The molecule has 4 heteroatoms.